The quantitative estimate of drug-likeness (QED) is 0.756. The van der Waals surface area contributed by atoms with Gasteiger partial charge in [-0.05, 0) is 43.6 Å². The Morgan fingerprint density at radius 1 is 1.20 bits per heavy atom. The summed E-state index contributed by atoms with van der Waals surface area (Å²) in [7, 11) is 0. The molecule has 0 aliphatic carbocycles. The highest BCUT2D eigenvalue weighted by Gasteiger charge is 2.10. The molecule has 1 aromatic rings. The first kappa shape index (κ1) is 10.4. The van der Waals surface area contributed by atoms with Crippen molar-refractivity contribution in [2.24, 2.45) is 0 Å². The minimum absolute atomic E-state index is 0.254. The van der Waals surface area contributed by atoms with Gasteiger partial charge in [-0.1, -0.05) is 12.5 Å². The van der Waals surface area contributed by atoms with E-state index in [0.29, 0.717) is 0 Å². The molecule has 1 aliphatic rings. The fourth-order valence-electron chi connectivity index (χ4n) is 2.07. The van der Waals surface area contributed by atoms with E-state index in [1.54, 1.807) is 6.07 Å². The van der Waals surface area contributed by atoms with Gasteiger partial charge in [0.25, 0.3) is 0 Å². The Morgan fingerprint density at radius 3 is 2.60 bits per heavy atom. The van der Waals surface area contributed by atoms with Crippen molar-refractivity contribution >= 4 is 5.69 Å². The Hall–Kier alpha value is -1.09. The number of piperidine rings is 1. The lowest BCUT2D eigenvalue weighted by Gasteiger charge is -2.26. The molecular formula is C12H17FN2. The fourth-order valence-corrected chi connectivity index (χ4v) is 2.07. The summed E-state index contributed by atoms with van der Waals surface area (Å²) in [5.41, 5.74) is 6.89. The minimum Gasteiger partial charge on any atom is -0.396 e. The van der Waals surface area contributed by atoms with Crippen molar-refractivity contribution in [1.82, 2.24) is 4.90 Å². The van der Waals surface area contributed by atoms with Crippen LogP contribution in [-0.2, 0) is 6.54 Å². The molecule has 82 valence electrons. The van der Waals surface area contributed by atoms with Crippen molar-refractivity contribution in [3.8, 4) is 0 Å². The zero-order chi connectivity index (χ0) is 10.7. The van der Waals surface area contributed by atoms with Gasteiger partial charge in [-0.15, -0.1) is 0 Å². The average molecular weight is 208 g/mol. The molecule has 1 saturated heterocycles. The first-order valence-corrected chi connectivity index (χ1v) is 5.52. The van der Waals surface area contributed by atoms with Crippen molar-refractivity contribution in [2.75, 3.05) is 18.8 Å². The van der Waals surface area contributed by atoms with E-state index in [-0.39, 0.29) is 11.5 Å². The average Bonchev–Trinajstić information content (AvgIpc) is 2.25. The van der Waals surface area contributed by atoms with Crippen LogP contribution in [0.2, 0.25) is 0 Å². The first-order valence-electron chi connectivity index (χ1n) is 5.52. The molecular weight excluding hydrogens is 191 g/mol. The number of likely N-dealkylation sites (tertiary alicyclic amines) is 1. The van der Waals surface area contributed by atoms with Gasteiger partial charge in [0.15, 0.2) is 0 Å². The number of nitrogens with two attached hydrogens (primary N) is 1. The summed E-state index contributed by atoms with van der Waals surface area (Å²) >= 11 is 0. The van der Waals surface area contributed by atoms with Crippen LogP contribution in [0.1, 0.15) is 24.8 Å². The minimum atomic E-state index is -0.322. The highest BCUT2D eigenvalue weighted by Crippen LogP contribution is 2.16. The predicted octanol–water partition coefficient (Wildman–Crippen LogP) is 2.39. The van der Waals surface area contributed by atoms with Crippen LogP contribution in [0.5, 0.6) is 0 Å². The number of hydrogen-bond acceptors (Lipinski definition) is 2. The Bertz CT molecular complexity index is 332. The van der Waals surface area contributed by atoms with Gasteiger partial charge in [0, 0.05) is 6.54 Å². The van der Waals surface area contributed by atoms with Crippen molar-refractivity contribution in [3.63, 3.8) is 0 Å². The molecule has 0 aromatic heterocycles. The van der Waals surface area contributed by atoms with Crippen molar-refractivity contribution in [2.45, 2.75) is 25.8 Å². The van der Waals surface area contributed by atoms with E-state index in [1.165, 1.54) is 25.3 Å². The lowest BCUT2D eigenvalue weighted by Crippen LogP contribution is -2.29. The van der Waals surface area contributed by atoms with Crippen LogP contribution < -0.4 is 5.73 Å². The number of halogens is 1. The Labute approximate surface area is 89.9 Å². The number of hydrogen-bond donors (Lipinski definition) is 1. The summed E-state index contributed by atoms with van der Waals surface area (Å²) in [6.07, 6.45) is 3.88. The molecule has 2 rings (SSSR count). The zero-order valence-electron chi connectivity index (χ0n) is 8.88. The number of nitrogens with zero attached hydrogens (tertiary/aromatic N) is 1. The van der Waals surface area contributed by atoms with E-state index in [9.17, 15) is 4.39 Å². The Balaban J connectivity index is 2.00. The van der Waals surface area contributed by atoms with Crippen LogP contribution in [-0.4, -0.2) is 18.0 Å². The molecule has 2 N–H and O–H groups in total. The molecule has 0 unspecified atom stereocenters. The lowest BCUT2D eigenvalue weighted by atomic mass is 10.1. The van der Waals surface area contributed by atoms with Gasteiger partial charge < -0.3 is 5.73 Å². The molecule has 1 fully saturated rings. The highest BCUT2D eigenvalue weighted by atomic mass is 19.1. The van der Waals surface area contributed by atoms with Crippen LogP contribution in [0, 0.1) is 5.82 Å². The van der Waals surface area contributed by atoms with Gasteiger partial charge in [-0.25, -0.2) is 4.39 Å². The maximum Gasteiger partial charge on any atom is 0.146 e. The summed E-state index contributed by atoms with van der Waals surface area (Å²) in [5.74, 6) is -0.322. The number of anilines is 1. The van der Waals surface area contributed by atoms with E-state index in [0.717, 1.165) is 25.2 Å². The largest absolute Gasteiger partial charge is 0.396 e. The van der Waals surface area contributed by atoms with E-state index < -0.39 is 0 Å². The van der Waals surface area contributed by atoms with Crippen molar-refractivity contribution < 1.29 is 4.39 Å². The van der Waals surface area contributed by atoms with Crippen LogP contribution in [0.15, 0.2) is 18.2 Å². The van der Waals surface area contributed by atoms with Gasteiger partial charge in [-0.2, -0.15) is 0 Å². The second-order valence-corrected chi connectivity index (χ2v) is 4.19. The zero-order valence-corrected chi connectivity index (χ0v) is 8.88. The molecule has 1 aliphatic heterocycles. The molecule has 0 saturated carbocycles. The van der Waals surface area contributed by atoms with Gasteiger partial charge in [0.05, 0.1) is 5.69 Å². The molecule has 0 bridgehead atoms. The number of benzene rings is 1. The van der Waals surface area contributed by atoms with E-state index >= 15 is 0 Å². The molecule has 0 atom stereocenters. The van der Waals surface area contributed by atoms with Crippen molar-refractivity contribution in [1.29, 1.82) is 0 Å². The second-order valence-electron chi connectivity index (χ2n) is 4.19. The van der Waals surface area contributed by atoms with E-state index in [1.807, 2.05) is 6.07 Å². The third kappa shape index (κ3) is 2.69. The van der Waals surface area contributed by atoms with Gasteiger partial charge in [0.1, 0.15) is 5.82 Å². The predicted molar refractivity (Wildman–Crippen MR) is 59.9 cm³/mol. The molecule has 0 spiro atoms. The highest BCUT2D eigenvalue weighted by molar-refractivity contribution is 5.42. The lowest BCUT2D eigenvalue weighted by molar-refractivity contribution is 0.221. The summed E-state index contributed by atoms with van der Waals surface area (Å²) < 4.78 is 12.9. The molecule has 0 amide bonds. The Morgan fingerprint density at radius 2 is 1.93 bits per heavy atom. The van der Waals surface area contributed by atoms with Crippen LogP contribution in [0.3, 0.4) is 0 Å². The maximum atomic E-state index is 12.9. The molecule has 2 nitrogen and oxygen atoms in total. The van der Waals surface area contributed by atoms with Crippen LogP contribution in [0.4, 0.5) is 10.1 Å². The normalized spacial score (nSPS) is 17.9. The summed E-state index contributed by atoms with van der Waals surface area (Å²) in [6.45, 7) is 3.19. The van der Waals surface area contributed by atoms with E-state index in [4.69, 9.17) is 5.73 Å². The number of nitrogen functional groups attached to an aromatic ring is 1. The summed E-state index contributed by atoms with van der Waals surface area (Å²) in [4.78, 5) is 2.40. The van der Waals surface area contributed by atoms with Crippen LogP contribution >= 0.6 is 0 Å². The van der Waals surface area contributed by atoms with Gasteiger partial charge in [0.2, 0.25) is 0 Å². The summed E-state index contributed by atoms with van der Waals surface area (Å²) in [6, 6.07) is 5.01. The maximum absolute atomic E-state index is 12.9. The molecule has 15 heavy (non-hydrogen) atoms. The molecule has 0 radical (unpaired) electrons. The third-order valence-electron chi connectivity index (χ3n) is 2.92. The molecule has 1 aromatic carbocycles. The third-order valence-corrected chi connectivity index (χ3v) is 2.92. The summed E-state index contributed by atoms with van der Waals surface area (Å²) in [5, 5.41) is 0. The fraction of sp³-hybridized carbons (Fsp3) is 0.500. The SMILES string of the molecule is Nc1cc(CN2CCCCC2)ccc1F. The molecule has 3 heteroatoms. The number of rotatable bonds is 2. The first-order chi connectivity index (χ1) is 7.25. The Kier molecular flexibility index (Phi) is 3.21. The molecule has 1 heterocycles. The second kappa shape index (κ2) is 4.62. The topological polar surface area (TPSA) is 29.3 Å². The standard InChI is InChI=1S/C12H17FN2/c13-11-5-4-10(8-12(11)14)9-15-6-2-1-3-7-15/h4-5,8H,1-3,6-7,9,14H2. The smallest absolute Gasteiger partial charge is 0.146 e. The van der Waals surface area contributed by atoms with Crippen molar-refractivity contribution in [3.05, 3.63) is 29.6 Å². The van der Waals surface area contributed by atoms with Crippen LogP contribution in [0.25, 0.3) is 0 Å². The van der Waals surface area contributed by atoms with Gasteiger partial charge in [-0.3, -0.25) is 4.90 Å². The van der Waals surface area contributed by atoms with E-state index in [2.05, 4.69) is 4.90 Å². The monoisotopic (exact) mass is 208 g/mol. The van der Waals surface area contributed by atoms with Gasteiger partial charge >= 0.3 is 0 Å².